The van der Waals surface area contributed by atoms with E-state index < -0.39 is 0 Å². The van der Waals surface area contributed by atoms with Gasteiger partial charge in [-0.3, -0.25) is 14.9 Å². The van der Waals surface area contributed by atoms with E-state index in [-0.39, 0.29) is 11.8 Å². The molecule has 108 valence electrons. The second kappa shape index (κ2) is 5.65. The highest BCUT2D eigenvalue weighted by Gasteiger charge is 2.26. The van der Waals surface area contributed by atoms with E-state index in [0.29, 0.717) is 22.3 Å². The molecule has 1 aromatic carbocycles. The normalized spacial score (nSPS) is 13.8. The molecular formula is C15H15N3O2S. The van der Waals surface area contributed by atoms with E-state index in [9.17, 15) is 9.59 Å². The first-order valence-corrected chi connectivity index (χ1v) is 7.59. The zero-order chi connectivity index (χ0) is 14.8. The Kier molecular flexibility index (Phi) is 3.70. The molecule has 1 fully saturated rings. The van der Waals surface area contributed by atoms with Crippen LogP contribution in [-0.2, 0) is 4.79 Å². The number of thiazole rings is 1. The van der Waals surface area contributed by atoms with E-state index in [4.69, 9.17) is 0 Å². The maximum atomic E-state index is 12.3. The minimum Gasteiger partial charge on any atom is -0.326 e. The van der Waals surface area contributed by atoms with Gasteiger partial charge < -0.3 is 5.32 Å². The summed E-state index contributed by atoms with van der Waals surface area (Å²) in [6.45, 7) is 1.41. The van der Waals surface area contributed by atoms with Gasteiger partial charge in [-0.1, -0.05) is 12.1 Å². The molecule has 1 aromatic heterocycles. The minimum atomic E-state index is -0.268. The van der Waals surface area contributed by atoms with Crippen LogP contribution < -0.4 is 10.6 Å². The molecule has 1 aliphatic carbocycles. The molecule has 2 N–H and O–H groups in total. The third-order valence-corrected chi connectivity index (χ3v) is 4.28. The lowest BCUT2D eigenvalue weighted by Crippen LogP contribution is -2.16. The molecule has 2 amide bonds. The summed E-state index contributed by atoms with van der Waals surface area (Å²) in [5.74, 6) is 0.149. The molecule has 0 aliphatic heterocycles. The number of nitrogens with one attached hydrogen (secondary N) is 2. The fourth-order valence-corrected chi connectivity index (χ4v) is 3.03. The maximum Gasteiger partial charge on any atom is 0.259 e. The van der Waals surface area contributed by atoms with Gasteiger partial charge in [0, 0.05) is 18.0 Å². The first kappa shape index (κ1) is 13.8. The van der Waals surface area contributed by atoms with Gasteiger partial charge in [-0.25, -0.2) is 4.98 Å². The van der Waals surface area contributed by atoms with Gasteiger partial charge in [0.2, 0.25) is 5.91 Å². The number of nitrogens with zero attached hydrogens (tertiary/aromatic N) is 1. The van der Waals surface area contributed by atoms with Crippen molar-refractivity contribution in [3.8, 4) is 0 Å². The summed E-state index contributed by atoms with van der Waals surface area (Å²) in [7, 11) is 0. The van der Waals surface area contributed by atoms with Gasteiger partial charge in [-0.15, -0.1) is 11.3 Å². The van der Waals surface area contributed by atoms with Crippen molar-refractivity contribution in [2.24, 2.45) is 0 Å². The van der Waals surface area contributed by atoms with Crippen molar-refractivity contribution < 1.29 is 9.59 Å². The minimum absolute atomic E-state index is 0.208. The van der Waals surface area contributed by atoms with Crippen molar-refractivity contribution in [1.82, 2.24) is 4.98 Å². The molecule has 1 aliphatic rings. The topological polar surface area (TPSA) is 71.1 Å². The number of carbonyl (C=O) groups excluding carboxylic acids is 2. The third-order valence-electron chi connectivity index (χ3n) is 3.21. The average molecular weight is 301 g/mol. The molecule has 5 nitrogen and oxygen atoms in total. The van der Waals surface area contributed by atoms with Crippen molar-refractivity contribution in [3.63, 3.8) is 0 Å². The van der Waals surface area contributed by atoms with Crippen LogP contribution >= 0.6 is 11.3 Å². The number of anilines is 2. The highest BCUT2D eigenvalue weighted by molar-refractivity contribution is 7.15. The molecule has 2 aromatic rings. The Labute approximate surface area is 126 Å². The fourth-order valence-electron chi connectivity index (χ4n) is 2.05. The summed E-state index contributed by atoms with van der Waals surface area (Å²) in [6, 6.07) is 6.91. The molecule has 0 saturated heterocycles. The van der Waals surface area contributed by atoms with E-state index in [1.807, 2.05) is 6.20 Å². The lowest BCUT2D eigenvalue weighted by atomic mass is 10.1. The standard InChI is InChI=1S/C15H15N3O2S/c1-9(19)17-12-5-3-2-4-11(12)14(20)18-15-16-8-13(21-15)10-6-7-10/h2-5,8,10H,6-7H2,1H3,(H,17,19)(H,16,18,20). The molecule has 1 heterocycles. The number of hydrogen-bond donors (Lipinski definition) is 2. The summed E-state index contributed by atoms with van der Waals surface area (Å²) in [4.78, 5) is 28.9. The summed E-state index contributed by atoms with van der Waals surface area (Å²) in [5, 5.41) is 6.05. The molecule has 6 heteroatoms. The Hall–Kier alpha value is -2.21. The van der Waals surface area contributed by atoms with Crippen LogP contribution in [-0.4, -0.2) is 16.8 Å². The van der Waals surface area contributed by atoms with Crippen LogP contribution in [0.3, 0.4) is 0 Å². The highest BCUT2D eigenvalue weighted by atomic mass is 32.1. The SMILES string of the molecule is CC(=O)Nc1ccccc1C(=O)Nc1ncc(C2CC2)s1. The lowest BCUT2D eigenvalue weighted by molar-refractivity contribution is -0.114. The number of hydrogen-bond acceptors (Lipinski definition) is 4. The second-order valence-corrected chi connectivity index (χ2v) is 6.09. The summed E-state index contributed by atoms with van der Waals surface area (Å²) >= 11 is 1.52. The predicted molar refractivity (Wildman–Crippen MR) is 82.8 cm³/mol. The van der Waals surface area contributed by atoms with Crippen LogP contribution in [0.15, 0.2) is 30.5 Å². The molecule has 0 bridgehead atoms. The monoisotopic (exact) mass is 301 g/mol. The van der Waals surface area contributed by atoms with Gasteiger partial charge in [-0.2, -0.15) is 0 Å². The Morgan fingerprint density at radius 1 is 1.24 bits per heavy atom. The smallest absolute Gasteiger partial charge is 0.259 e. The van der Waals surface area contributed by atoms with Gasteiger partial charge in [0.1, 0.15) is 0 Å². The first-order chi connectivity index (χ1) is 10.1. The summed E-state index contributed by atoms with van der Waals surface area (Å²) in [5.41, 5.74) is 0.928. The van der Waals surface area contributed by atoms with Gasteiger partial charge in [0.25, 0.3) is 5.91 Å². The number of rotatable bonds is 4. The first-order valence-electron chi connectivity index (χ1n) is 6.77. The molecule has 0 radical (unpaired) electrons. The van der Waals surface area contributed by atoms with Gasteiger partial charge in [0.15, 0.2) is 5.13 Å². The summed E-state index contributed by atoms with van der Waals surface area (Å²) < 4.78 is 0. The largest absolute Gasteiger partial charge is 0.326 e. The van der Waals surface area contributed by atoms with Crippen molar-refractivity contribution in [1.29, 1.82) is 0 Å². The van der Waals surface area contributed by atoms with E-state index in [0.717, 1.165) is 0 Å². The molecule has 0 atom stereocenters. The number of benzene rings is 1. The zero-order valence-electron chi connectivity index (χ0n) is 11.6. The number of carbonyl (C=O) groups is 2. The predicted octanol–water partition coefficient (Wildman–Crippen LogP) is 3.23. The van der Waals surface area contributed by atoms with Gasteiger partial charge in [-0.05, 0) is 30.9 Å². The Morgan fingerprint density at radius 2 is 2.00 bits per heavy atom. The Bertz CT molecular complexity index is 692. The number of aromatic nitrogens is 1. The van der Waals surface area contributed by atoms with Crippen molar-refractivity contribution in [2.45, 2.75) is 25.7 Å². The molecule has 21 heavy (non-hydrogen) atoms. The zero-order valence-corrected chi connectivity index (χ0v) is 12.4. The highest BCUT2D eigenvalue weighted by Crippen LogP contribution is 2.43. The van der Waals surface area contributed by atoms with E-state index in [1.54, 1.807) is 24.3 Å². The number of para-hydroxylation sites is 1. The van der Waals surface area contributed by atoms with E-state index in [2.05, 4.69) is 15.6 Å². The van der Waals surface area contributed by atoms with Crippen LogP contribution in [0.25, 0.3) is 0 Å². The van der Waals surface area contributed by atoms with Gasteiger partial charge >= 0.3 is 0 Å². The molecule has 1 saturated carbocycles. The Balaban J connectivity index is 1.76. The third kappa shape index (κ3) is 3.28. The van der Waals surface area contributed by atoms with Crippen molar-refractivity contribution in [2.75, 3.05) is 10.6 Å². The second-order valence-electron chi connectivity index (χ2n) is 5.02. The fraction of sp³-hybridized carbons (Fsp3) is 0.267. The quantitative estimate of drug-likeness (QED) is 0.910. The van der Waals surface area contributed by atoms with E-state index >= 15 is 0 Å². The molecular weight excluding hydrogens is 286 g/mol. The summed E-state index contributed by atoms with van der Waals surface area (Å²) in [6.07, 6.45) is 4.25. The lowest BCUT2D eigenvalue weighted by Gasteiger charge is -2.08. The van der Waals surface area contributed by atoms with Crippen LogP contribution in [0.4, 0.5) is 10.8 Å². The number of amides is 2. The van der Waals surface area contributed by atoms with Crippen LogP contribution in [0.2, 0.25) is 0 Å². The van der Waals surface area contributed by atoms with Crippen LogP contribution in [0.5, 0.6) is 0 Å². The average Bonchev–Trinajstić information content (AvgIpc) is 3.19. The molecule has 0 unspecified atom stereocenters. The van der Waals surface area contributed by atoms with E-state index in [1.165, 1.54) is 36.0 Å². The molecule has 3 rings (SSSR count). The Morgan fingerprint density at radius 3 is 2.71 bits per heavy atom. The maximum absolute atomic E-state index is 12.3. The van der Waals surface area contributed by atoms with Crippen molar-refractivity contribution >= 4 is 34.0 Å². The van der Waals surface area contributed by atoms with Crippen molar-refractivity contribution in [3.05, 3.63) is 40.9 Å². The van der Waals surface area contributed by atoms with Crippen LogP contribution in [0, 0.1) is 0 Å². The van der Waals surface area contributed by atoms with Crippen LogP contribution in [0.1, 0.15) is 40.9 Å². The molecule has 0 spiro atoms. The van der Waals surface area contributed by atoms with Gasteiger partial charge in [0.05, 0.1) is 11.3 Å².